The van der Waals surface area contributed by atoms with Crippen molar-refractivity contribution >= 4 is 24.9 Å². The average Bonchev–Trinajstić information content (AvgIpc) is 3.43. The van der Waals surface area contributed by atoms with Crippen LogP contribution >= 0.6 is 0 Å². The molecule has 3 fully saturated rings. The predicted octanol–water partition coefficient (Wildman–Crippen LogP) is -0.258. The summed E-state index contributed by atoms with van der Waals surface area (Å²) in [7, 11) is 2.12. The zero-order valence-electron chi connectivity index (χ0n) is 15.7. The molecule has 3 heterocycles. The number of Topliss-reactive ketones (excluding diaryl/α,β-unsaturated/α-hetero) is 1. The average molecular weight is 349 g/mol. The molecular weight excluding hydrogens is 325 g/mol. The summed E-state index contributed by atoms with van der Waals surface area (Å²) in [6, 6.07) is 6.56. The van der Waals surface area contributed by atoms with Crippen LogP contribution in [0.5, 0.6) is 0 Å². The van der Waals surface area contributed by atoms with Gasteiger partial charge in [-0.15, -0.1) is 0 Å². The summed E-state index contributed by atoms with van der Waals surface area (Å²) >= 11 is 0. The first-order valence-corrected chi connectivity index (χ1v) is 9.29. The molecule has 0 atom stereocenters. The van der Waals surface area contributed by atoms with Crippen molar-refractivity contribution in [2.75, 3.05) is 39.3 Å². The van der Waals surface area contributed by atoms with Gasteiger partial charge in [0, 0.05) is 45.3 Å². The molecule has 0 aromatic heterocycles. The van der Waals surface area contributed by atoms with Gasteiger partial charge in [0.15, 0.2) is 0 Å². The van der Waals surface area contributed by atoms with E-state index in [-0.39, 0.29) is 11.6 Å². The Labute approximate surface area is 155 Å². The normalized spacial score (nSPS) is 20.7. The number of ketones is 2. The first-order valence-electron chi connectivity index (χ1n) is 9.29. The Morgan fingerprint density at radius 1 is 0.769 bits per heavy atom. The van der Waals surface area contributed by atoms with Crippen LogP contribution in [0.2, 0.25) is 0 Å². The van der Waals surface area contributed by atoms with Crippen LogP contribution in [-0.4, -0.2) is 73.4 Å². The summed E-state index contributed by atoms with van der Waals surface area (Å²) < 4.78 is 0. The second kappa shape index (κ2) is 6.34. The maximum atomic E-state index is 12.4. The molecule has 26 heavy (non-hydrogen) atoms. The third kappa shape index (κ3) is 3.54. The quantitative estimate of drug-likeness (QED) is 0.428. The molecule has 1 aromatic carbocycles. The number of nitrogens with zero attached hydrogens (tertiary/aromatic N) is 3. The molecule has 0 amide bonds. The van der Waals surface area contributed by atoms with E-state index in [0.29, 0.717) is 17.1 Å². The monoisotopic (exact) mass is 349 g/mol. The lowest BCUT2D eigenvalue weighted by atomic mass is 9.93. The zero-order valence-corrected chi connectivity index (χ0v) is 15.7. The van der Waals surface area contributed by atoms with Crippen molar-refractivity contribution in [3.05, 3.63) is 52.5 Å². The summed E-state index contributed by atoms with van der Waals surface area (Å²) in [5.74, 6) is 0.0485. The van der Waals surface area contributed by atoms with Gasteiger partial charge >= 0.3 is 0 Å². The number of carbonyl (C=O) groups is 2. The fourth-order valence-corrected chi connectivity index (χ4v) is 3.48. The number of benzene rings is 1. The standard InChI is InChI=1S/C12H13N3O2.C8H11B/c16-9-7-8(13-1-2-13)12(17)11(15-5-6-15)10(9)14-3-4-14;1-6-3-7(2)5-8(9)4-6/h7H,1-6H2;3-5H,9H2,1-2H3. The van der Waals surface area contributed by atoms with E-state index in [1.807, 2.05) is 14.7 Å². The van der Waals surface area contributed by atoms with Crippen molar-refractivity contribution in [3.63, 3.8) is 0 Å². The van der Waals surface area contributed by atoms with Gasteiger partial charge in [-0.1, -0.05) is 34.8 Å². The molecule has 0 N–H and O–H groups in total. The second-order valence-electron chi connectivity index (χ2n) is 7.55. The van der Waals surface area contributed by atoms with E-state index in [1.165, 1.54) is 22.7 Å². The van der Waals surface area contributed by atoms with E-state index >= 15 is 0 Å². The second-order valence-corrected chi connectivity index (χ2v) is 7.55. The van der Waals surface area contributed by atoms with Gasteiger partial charge in [0.25, 0.3) is 0 Å². The van der Waals surface area contributed by atoms with Crippen LogP contribution in [0.3, 0.4) is 0 Å². The molecule has 0 unspecified atom stereocenters. The first kappa shape index (κ1) is 16.9. The molecule has 3 aliphatic heterocycles. The van der Waals surface area contributed by atoms with Crippen molar-refractivity contribution in [3.8, 4) is 0 Å². The van der Waals surface area contributed by atoms with Crippen molar-refractivity contribution in [2.45, 2.75) is 13.8 Å². The van der Waals surface area contributed by atoms with Crippen LogP contribution in [0.15, 0.2) is 41.4 Å². The molecule has 0 spiro atoms. The number of aryl methyl sites for hydroxylation is 2. The summed E-state index contributed by atoms with van der Waals surface area (Å²) in [6.07, 6.45) is 1.52. The molecule has 1 aromatic rings. The van der Waals surface area contributed by atoms with E-state index in [2.05, 4.69) is 39.9 Å². The minimum atomic E-state index is 0.00546. The van der Waals surface area contributed by atoms with Gasteiger partial charge in [-0.25, -0.2) is 0 Å². The highest BCUT2D eigenvalue weighted by atomic mass is 16.1. The highest BCUT2D eigenvalue weighted by Gasteiger charge is 2.43. The predicted molar refractivity (Wildman–Crippen MR) is 104 cm³/mol. The van der Waals surface area contributed by atoms with Gasteiger partial charge < -0.3 is 14.7 Å². The van der Waals surface area contributed by atoms with Crippen molar-refractivity contribution in [2.24, 2.45) is 0 Å². The topological polar surface area (TPSA) is 43.2 Å². The minimum absolute atomic E-state index is 0.00546. The fraction of sp³-hybridized carbons (Fsp3) is 0.400. The van der Waals surface area contributed by atoms with Crippen LogP contribution in [0.1, 0.15) is 11.1 Å². The number of allylic oxidation sites excluding steroid dienone is 1. The van der Waals surface area contributed by atoms with E-state index in [0.717, 1.165) is 39.3 Å². The first-order chi connectivity index (χ1) is 12.4. The number of hydrogen-bond acceptors (Lipinski definition) is 5. The van der Waals surface area contributed by atoms with Crippen molar-refractivity contribution in [1.29, 1.82) is 0 Å². The van der Waals surface area contributed by atoms with Crippen LogP contribution in [0, 0.1) is 13.8 Å². The smallest absolute Gasteiger partial charge is 0.227 e. The molecule has 5 nitrogen and oxygen atoms in total. The molecule has 3 saturated heterocycles. The Hall–Kier alpha value is -2.50. The lowest BCUT2D eigenvalue weighted by molar-refractivity contribution is -0.117. The summed E-state index contributed by atoms with van der Waals surface area (Å²) in [6.45, 7) is 9.66. The SMILES string of the molecule is Bc1cc(C)cc(C)c1.O=C1C=C(N2CC2)C(=O)C(N2CC2)=C1N1CC1. The molecular formula is C20H24BN3O2. The van der Waals surface area contributed by atoms with E-state index in [4.69, 9.17) is 0 Å². The van der Waals surface area contributed by atoms with Gasteiger partial charge in [0.1, 0.15) is 19.2 Å². The zero-order chi connectivity index (χ0) is 18.4. The Balaban J connectivity index is 0.000000160. The third-order valence-corrected chi connectivity index (χ3v) is 4.85. The highest BCUT2D eigenvalue weighted by Crippen LogP contribution is 2.33. The third-order valence-electron chi connectivity index (χ3n) is 4.85. The van der Waals surface area contributed by atoms with Gasteiger partial charge in [-0.05, 0) is 13.8 Å². The Morgan fingerprint density at radius 3 is 1.73 bits per heavy atom. The number of hydrogen-bond donors (Lipinski definition) is 0. The van der Waals surface area contributed by atoms with E-state index in [1.54, 1.807) is 0 Å². The van der Waals surface area contributed by atoms with Crippen LogP contribution < -0.4 is 5.46 Å². The number of rotatable bonds is 3. The molecule has 6 heteroatoms. The molecule has 0 radical (unpaired) electrons. The van der Waals surface area contributed by atoms with Gasteiger partial charge in [0.05, 0.1) is 5.70 Å². The molecule has 134 valence electrons. The maximum Gasteiger partial charge on any atom is 0.227 e. The van der Waals surface area contributed by atoms with Crippen LogP contribution in [0.25, 0.3) is 0 Å². The highest BCUT2D eigenvalue weighted by molar-refractivity contribution is 6.32. The van der Waals surface area contributed by atoms with E-state index < -0.39 is 0 Å². The van der Waals surface area contributed by atoms with Gasteiger partial charge in [0.2, 0.25) is 11.6 Å². The van der Waals surface area contributed by atoms with Gasteiger partial charge in [-0.2, -0.15) is 0 Å². The summed E-state index contributed by atoms with van der Waals surface area (Å²) in [5, 5.41) is 0. The molecule has 5 rings (SSSR count). The van der Waals surface area contributed by atoms with Crippen LogP contribution in [-0.2, 0) is 9.59 Å². The van der Waals surface area contributed by atoms with Crippen molar-refractivity contribution in [1.82, 2.24) is 14.7 Å². The summed E-state index contributed by atoms with van der Waals surface area (Å²) in [4.78, 5) is 30.5. The molecule has 4 aliphatic rings. The van der Waals surface area contributed by atoms with Crippen LogP contribution in [0.4, 0.5) is 0 Å². The van der Waals surface area contributed by atoms with Gasteiger partial charge in [-0.3, -0.25) is 9.59 Å². The maximum absolute atomic E-state index is 12.4. The van der Waals surface area contributed by atoms with Crippen molar-refractivity contribution < 1.29 is 9.59 Å². The molecule has 0 saturated carbocycles. The Kier molecular flexibility index (Phi) is 4.13. The fourth-order valence-electron chi connectivity index (χ4n) is 3.48. The Bertz CT molecular complexity index is 796. The molecule has 1 aliphatic carbocycles. The van der Waals surface area contributed by atoms with E-state index in [9.17, 15) is 9.59 Å². The largest absolute Gasteiger partial charge is 0.365 e. The lowest BCUT2D eigenvalue weighted by Crippen LogP contribution is -2.29. The Morgan fingerprint density at radius 2 is 1.27 bits per heavy atom. The minimum Gasteiger partial charge on any atom is -0.365 e. The number of carbonyl (C=O) groups excluding carboxylic acids is 2. The molecule has 0 bridgehead atoms. The lowest BCUT2D eigenvalue weighted by Gasteiger charge is -2.21. The summed E-state index contributed by atoms with van der Waals surface area (Å²) in [5.41, 5.74) is 5.95.